The van der Waals surface area contributed by atoms with Crippen LogP contribution in [0.4, 0.5) is 0 Å². The maximum atomic E-state index is 11.3. The molecule has 0 rings (SSSR count). The second kappa shape index (κ2) is 9.64. The highest BCUT2D eigenvalue weighted by molar-refractivity contribution is 5.69. The molecule has 0 aliphatic heterocycles. The van der Waals surface area contributed by atoms with Gasteiger partial charge in [-0.1, -0.05) is 34.1 Å². The summed E-state index contributed by atoms with van der Waals surface area (Å²) in [7, 11) is 0. The summed E-state index contributed by atoms with van der Waals surface area (Å²) < 4.78 is 5.20. The first kappa shape index (κ1) is 15.4. The van der Waals surface area contributed by atoms with E-state index in [9.17, 15) is 4.79 Å². The van der Waals surface area contributed by atoms with Gasteiger partial charge in [-0.15, -0.1) is 0 Å². The van der Waals surface area contributed by atoms with Crippen molar-refractivity contribution >= 4 is 5.97 Å². The molecule has 0 aliphatic carbocycles. The van der Waals surface area contributed by atoms with E-state index in [-0.39, 0.29) is 5.97 Å². The van der Waals surface area contributed by atoms with Crippen LogP contribution in [-0.2, 0) is 9.53 Å². The smallest absolute Gasteiger partial charge is 0.305 e. The molecule has 96 valence electrons. The molecule has 16 heavy (non-hydrogen) atoms. The van der Waals surface area contributed by atoms with Gasteiger partial charge in [0.25, 0.3) is 0 Å². The highest BCUT2D eigenvalue weighted by Gasteiger charge is 2.06. The molecule has 0 heterocycles. The summed E-state index contributed by atoms with van der Waals surface area (Å²) >= 11 is 0. The van der Waals surface area contributed by atoms with Crippen molar-refractivity contribution in [3.05, 3.63) is 0 Å². The summed E-state index contributed by atoms with van der Waals surface area (Å²) in [4.78, 5) is 11.3. The number of carbonyl (C=O) groups is 1. The van der Waals surface area contributed by atoms with E-state index in [1.165, 1.54) is 0 Å². The van der Waals surface area contributed by atoms with Crippen molar-refractivity contribution in [2.45, 2.75) is 59.4 Å². The lowest BCUT2D eigenvalue weighted by molar-refractivity contribution is -0.145. The Kier molecular flexibility index (Phi) is 9.30. The minimum atomic E-state index is -0.0616. The van der Waals surface area contributed by atoms with Gasteiger partial charge in [-0.05, 0) is 25.3 Å². The van der Waals surface area contributed by atoms with Gasteiger partial charge in [0.15, 0.2) is 0 Å². The summed E-state index contributed by atoms with van der Waals surface area (Å²) in [5.74, 6) is 0.427. The fourth-order valence-electron chi connectivity index (χ4n) is 1.51. The van der Waals surface area contributed by atoms with Crippen molar-refractivity contribution in [3.8, 4) is 0 Å². The van der Waals surface area contributed by atoms with E-state index in [1.54, 1.807) is 0 Å². The summed E-state index contributed by atoms with van der Waals surface area (Å²) in [6.45, 7) is 9.93. The SMILES string of the molecule is CCCC(C)COC(=O)CCCNC(C)C. The third-order valence-electron chi connectivity index (χ3n) is 2.42. The van der Waals surface area contributed by atoms with Crippen molar-refractivity contribution < 1.29 is 9.53 Å². The van der Waals surface area contributed by atoms with E-state index in [0.29, 0.717) is 25.0 Å². The summed E-state index contributed by atoms with van der Waals surface area (Å²) in [6, 6.07) is 0.487. The van der Waals surface area contributed by atoms with Crippen LogP contribution in [0.1, 0.15) is 53.4 Å². The lowest BCUT2D eigenvalue weighted by atomic mass is 10.1. The van der Waals surface area contributed by atoms with Crippen LogP contribution in [0.2, 0.25) is 0 Å². The van der Waals surface area contributed by atoms with Gasteiger partial charge in [-0.2, -0.15) is 0 Å². The van der Waals surface area contributed by atoms with Crippen LogP contribution < -0.4 is 5.32 Å². The zero-order chi connectivity index (χ0) is 12.4. The first-order valence-corrected chi connectivity index (χ1v) is 6.45. The molecule has 3 nitrogen and oxygen atoms in total. The first-order valence-electron chi connectivity index (χ1n) is 6.45. The fraction of sp³-hybridized carbons (Fsp3) is 0.923. The third kappa shape index (κ3) is 9.97. The lowest BCUT2D eigenvalue weighted by Crippen LogP contribution is -2.24. The van der Waals surface area contributed by atoms with E-state index in [0.717, 1.165) is 25.8 Å². The number of carbonyl (C=O) groups excluding carboxylic acids is 1. The maximum absolute atomic E-state index is 11.3. The van der Waals surface area contributed by atoms with Crippen LogP contribution in [0.25, 0.3) is 0 Å². The number of hydrogen-bond acceptors (Lipinski definition) is 3. The molecule has 3 heteroatoms. The second-order valence-corrected chi connectivity index (χ2v) is 4.79. The Labute approximate surface area is 99.9 Å². The van der Waals surface area contributed by atoms with Gasteiger partial charge in [0.1, 0.15) is 0 Å². The molecule has 0 aromatic carbocycles. The number of rotatable bonds is 9. The van der Waals surface area contributed by atoms with Gasteiger partial charge in [0, 0.05) is 12.5 Å². The zero-order valence-electron chi connectivity index (χ0n) is 11.2. The zero-order valence-corrected chi connectivity index (χ0v) is 11.2. The van der Waals surface area contributed by atoms with Gasteiger partial charge in [-0.3, -0.25) is 4.79 Å². The van der Waals surface area contributed by atoms with Gasteiger partial charge in [-0.25, -0.2) is 0 Å². The molecule has 1 N–H and O–H groups in total. The van der Waals surface area contributed by atoms with E-state index < -0.39 is 0 Å². The molecule has 0 bridgehead atoms. The quantitative estimate of drug-likeness (QED) is 0.488. The Hall–Kier alpha value is -0.570. The van der Waals surface area contributed by atoms with E-state index in [2.05, 4.69) is 33.0 Å². The minimum Gasteiger partial charge on any atom is -0.465 e. The van der Waals surface area contributed by atoms with Crippen molar-refractivity contribution in [2.24, 2.45) is 5.92 Å². The normalized spacial score (nSPS) is 12.8. The molecule has 0 fully saturated rings. The first-order chi connectivity index (χ1) is 7.56. The average molecular weight is 229 g/mol. The molecular weight excluding hydrogens is 202 g/mol. The van der Waals surface area contributed by atoms with E-state index in [4.69, 9.17) is 4.74 Å². The summed E-state index contributed by atoms with van der Waals surface area (Å²) in [6.07, 6.45) is 3.66. The van der Waals surface area contributed by atoms with Gasteiger partial charge in [0.05, 0.1) is 6.61 Å². The number of nitrogens with one attached hydrogen (secondary N) is 1. The summed E-state index contributed by atoms with van der Waals surface area (Å²) in [5, 5.41) is 3.28. The molecule has 0 aliphatic rings. The predicted octanol–water partition coefficient (Wildman–Crippen LogP) is 2.74. The molecule has 0 aromatic heterocycles. The topological polar surface area (TPSA) is 38.3 Å². The van der Waals surface area contributed by atoms with Crippen LogP contribution in [0.3, 0.4) is 0 Å². The lowest BCUT2D eigenvalue weighted by Gasteiger charge is -2.11. The van der Waals surface area contributed by atoms with Crippen molar-refractivity contribution in [1.82, 2.24) is 5.32 Å². The molecule has 0 aromatic rings. The maximum Gasteiger partial charge on any atom is 0.305 e. The average Bonchev–Trinajstić information content (AvgIpc) is 2.22. The molecule has 0 radical (unpaired) electrons. The van der Waals surface area contributed by atoms with Crippen LogP contribution in [-0.4, -0.2) is 25.2 Å². The number of ether oxygens (including phenoxy) is 1. The van der Waals surface area contributed by atoms with Gasteiger partial charge in [0.2, 0.25) is 0 Å². The Balaban J connectivity index is 3.37. The number of esters is 1. The molecular formula is C13H27NO2. The molecule has 1 atom stereocenters. The third-order valence-corrected chi connectivity index (χ3v) is 2.42. The molecule has 0 saturated heterocycles. The second-order valence-electron chi connectivity index (χ2n) is 4.79. The van der Waals surface area contributed by atoms with Crippen LogP contribution in [0, 0.1) is 5.92 Å². The van der Waals surface area contributed by atoms with Crippen LogP contribution in [0.5, 0.6) is 0 Å². The highest BCUT2D eigenvalue weighted by Crippen LogP contribution is 2.06. The van der Waals surface area contributed by atoms with Gasteiger partial charge >= 0.3 is 5.97 Å². The van der Waals surface area contributed by atoms with Crippen LogP contribution >= 0.6 is 0 Å². The Morgan fingerprint density at radius 1 is 1.31 bits per heavy atom. The fourth-order valence-corrected chi connectivity index (χ4v) is 1.51. The Morgan fingerprint density at radius 2 is 2.00 bits per heavy atom. The van der Waals surface area contributed by atoms with Crippen molar-refractivity contribution in [1.29, 1.82) is 0 Å². The van der Waals surface area contributed by atoms with Crippen LogP contribution in [0.15, 0.2) is 0 Å². The highest BCUT2D eigenvalue weighted by atomic mass is 16.5. The Morgan fingerprint density at radius 3 is 2.56 bits per heavy atom. The molecule has 1 unspecified atom stereocenters. The molecule has 0 amide bonds. The number of hydrogen-bond donors (Lipinski definition) is 1. The Bertz CT molecular complexity index is 181. The summed E-state index contributed by atoms with van der Waals surface area (Å²) in [5.41, 5.74) is 0. The van der Waals surface area contributed by atoms with Crippen molar-refractivity contribution in [2.75, 3.05) is 13.2 Å². The molecule has 0 saturated carbocycles. The van der Waals surface area contributed by atoms with Crippen molar-refractivity contribution in [3.63, 3.8) is 0 Å². The largest absolute Gasteiger partial charge is 0.465 e. The van der Waals surface area contributed by atoms with E-state index in [1.807, 2.05) is 0 Å². The minimum absolute atomic E-state index is 0.0616. The predicted molar refractivity (Wildman–Crippen MR) is 67.4 cm³/mol. The molecule has 0 spiro atoms. The van der Waals surface area contributed by atoms with Gasteiger partial charge < -0.3 is 10.1 Å². The standard InChI is InChI=1S/C13H27NO2/c1-5-7-12(4)10-16-13(15)8-6-9-14-11(2)3/h11-12,14H,5-10H2,1-4H3. The van der Waals surface area contributed by atoms with E-state index >= 15 is 0 Å². The monoisotopic (exact) mass is 229 g/mol.